The number of nitrogen functional groups attached to an aromatic ring is 1. The van der Waals surface area contributed by atoms with Crippen LogP contribution in [0.1, 0.15) is 6.55 Å². The van der Waals surface area contributed by atoms with Gasteiger partial charge in [0.2, 0.25) is 5.43 Å². The van der Waals surface area contributed by atoms with Crippen LogP contribution in [0.4, 0.5) is 14.5 Å². The Hall–Kier alpha value is -0.910. The maximum absolute atomic E-state index is 12.0. The zero-order chi connectivity index (χ0) is 9.30. The Morgan fingerprint density at radius 3 is 2.50 bits per heavy atom. The van der Waals surface area contributed by atoms with Crippen molar-refractivity contribution in [2.75, 3.05) is 5.73 Å². The SMILES string of the molecule is Nc1cn(C(F)F)cc(Br)c1=O. The van der Waals surface area contributed by atoms with Crippen molar-refractivity contribution in [2.24, 2.45) is 0 Å². The molecule has 0 aromatic carbocycles. The van der Waals surface area contributed by atoms with E-state index in [4.69, 9.17) is 5.73 Å². The van der Waals surface area contributed by atoms with Crippen LogP contribution in [-0.2, 0) is 0 Å². The number of anilines is 1. The average molecular weight is 239 g/mol. The molecule has 1 aromatic heterocycles. The molecule has 2 N–H and O–H groups in total. The van der Waals surface area contributed by atoms with Crippen molar-refractivity contribution in [3.8, 4) is 0 Å². The summed E-state index contributed by atoms with van der Waals surface area (Å²) in [5.74, 6) is 0. The maximum atomic E-state index is 12.0. The fourth-order valence-electron chi connectivity index (χ4n) is 0.697. The van der Waals surface area contributed by atoms with Crippen molar-refractivity contribution in [2.45, 2.75) is 6.55 Å². The second-order valence-electron chi connectivity index (χ2n) is 2.12. The van der Waals surface area contributed by atoms with Gasteiger partial charge in [0.1, 0.15) is 0 Å². The lowest BCUT2D eigenvalue weighted by molar-refractivity contribution is 0.0696. The number of aromatic nitrogens is 1. The lowest BCUT2D eigenvalue weighted by Gasteiger charge is -2.05. The molecule has 3 nitrogen and oxygen atoms in total. The molecule has 0 spiro atoms. The molecule has 6 heteroatoms. The van der Waals surface area contributed by atoms with Gasteiger partial charge in [-0.1, -0.05) is 0 Å². The highest BCUT2D eigenvalue weighted by atomic mass is 79.9. The normalized spacial score (nSPS) is 10.7. The molecule has 1 aromatic rings. The molecule has 66 valence electrons. The van der Waals surface area contributed by atoms with E-state index in [1.165, 1.54) is 0 Å². The van der Waals surface area contributed by atoms with E-state index in [9.17, 15) is 13.6 Å². The number of hydrogen-bond acceptors (Lipinski definition) is 2. The summed E-state index contributed by atoms with van der Waals surface area (Å²) in [7, 11) is 0. The van der Waals surface area contributed by atoms with Crippen molar-refractivity contribution in [1.82, 2.24) is 4.57 Å². The zero-order valence-electron chi connectivity index (χ0n) is 5.80. The second kappa shape index (κ2) is 3.22. The third-order valence-electron chi connectivity index (χ3n) is 1.26. The molecular formula is C6H5BrF2N2O. The van der Waals surface area contributed by atoms with Crippen LogP contribution in [0, 0.1) is 0 Å². The Labute approximate surface area is 74.9 Å². The highest BCUT2D eigenvalue weighted by Crippen LogP contribution is 2.13. The minimum absolute atomic E-state index is 0.0304. The minimum Gasteiger partial charge on any atom is -0.394 e. The molecule has 0 aliphatic heterocycles. The number of nitrogens with zero attached hydrogens (tertiary/aromatic N) is 1. The standard InChI is InChI=1S/C6H5BrF2N2O/c7-3-1-11(6(8)9)2-4(10)5(3)12/h1-2,6H,10H2. The molecule has 0 bridgehead atoms. The first kappa shape index (κ1) is 9.18. The molecule has 0 fully saturated rings. The van der Waals surface area contributed by atoms with E-state index in [1.807, 2.05) is 0 Å². The minimum atomic E-state index is -2.69. The molecule has 12 heavy (non-hydrogen) atoms. The Balaban J connectivity index is 3.31. The first-order valence-corrected chi connectivity index (χ1v) is 3.76. The van der Waals surface area contributed by atoms with Crippen molar-refractivity contribution in [3.05, 3.63) is 27.1 Å². The number of alkyl halides is 2. The summed E-state index contributed by atoms with van der Waals surface area (Å²) in [4.78, 5) is 10.9. The van der Waals surface area contributed by atoms with E-state index in [0.29, 0.717) is 4.57 Å². The summed E-state index contributed by atoms with van der Waals surface area (Å²) >= 11 is 2.82. The van der Waals surface area contributed by atoms with Gasteiger partial charge in [-0.2, -0.15) is 8.78 Å². The van der Waals surface area contributed by atoms with Gasteiger partial charge < -0.3 is 5.73 Å². The quantitative estimate of drug-likeness (QED) is 0.808. The monoisotopic (exact) mass is 238 g/mol. The number of hydrogen-bond donors (Lipinski definition) is 1. The number of pyridine rings is 1. The smallest absolute Gasteiger partial charge is 0.318 e. The molecular weight excluding hydrogens is 234 g/mol. The largest absolute Gasteiger partial charge is 0.394 e. The van der Waals surface area contributed by atoms with Crippen molar-refractivity contribution < 1.29 is 8.78 Å². The van der Waals surface area contributed by atoms with Crippen molar-refractivity contribution in [3.63, 3.8) is 0 Å². The van der Waals surface area contributed by atoms with Gasteiger partial charge in [0.25, 0.3) is 0 Å². The fourth-order valence-corrected chi connectivity index (χ4v) is 1.16. The van der Waals surface area contributed by atoms with E-state index >= 15 is 0 Å². The molecule has 0 radical (unpaired) electrons. The van der Waals surface area contributed by atoms with Crippen LogP contribution >= 0.6 is 15.9 Å². The van der Waals surface area contributed by atoms with Gasteiger partial charge >= 0.3 is 6.55 Å². The fraction of sp³-hybridized carbons (Fsp3) is 0.167. The predicted molar refractivity (Wildman–Crippen MR) is 44.1 cm³/mol. The van der Waals surface area contributed by atoms with E-state index in [0.717, 1.165) is 12.4 Å². The van der Waals surface area contributed by atoms with Crippen LogP contribution in [0.25, 0.3) is 0 Å². The van der Waals surface area contributed by atoms with Gasteiger partial charge in [0.15, 0.2) is 0 Å². The highest BCUT2D eigenvalue weighted by molar-refractivity contribution is 9.10. The molecule has 0 aliphatic carbocycles. The van der Waals surface area contributed by atoms with Crippen LogP contribution in [0.15, 0.2) is 21.7 Å². The maximum Gasteiger partial charge on any atom is 0.318 e. The second-order valence-corrected chi connectivity index (χ2v) is 2.97. The topological polar surface area (TPSA) is 48.0 Å². The lowest BCUT2D eigenvalue weighted by Crippen LogP contribution is -2.13. The molecule has 1 rings (SSSR count). The summed E-state index contributed by atoms with van der Waals surface area (Å²) in [5.41, 5.74) is 4.48. The number of nitrogens with two attached hydrogens (primary N) is 1. The van der Waals surface area contributed by atoms with E-state index in [2.05, 4.69) is 15.9 Å². The summed E-state index contributed by atoms with van der Waals surface area (Å²) in [5, 5.41) is 0. The Bertz CT molecular complexity index is 324. The third-order valence-corrected chi connectivity index (χ3v) is 1.82. The van der Waals surface area contributed by atoms with Crippen LogP contribution in [-0.4, -0.2) is 4.57 Å². The van der Waals surface area contributed by atoms with Crippen molar-refractivity contribution in [1.29, 1.82) is 0 Å². The lowest BCUT2D eigenvalue weighted by atomic mass is 10.4. The van der Waals surface area contributed by atoms with Gasteiger partial charge in [-0.15, -0.1) is 0 Å². The summed E-state index contributed by atoms with van der Waals surface area (Å²) < 4.78 is 24.7. The predicted octanol–water partition coefficient (Wildman–Crippen LogP) is 1.59. The number of halogens is 3. The van der Waals surface area contributed by atoms with E-state index in [-0.39, 0.29) is 10.2 Å². The molecule has 0 saturated carbocycles. The van der Waals surface area contributed by atoms with Gasteiger partial charge in [-0.05, 0) is 15.9 Å². The molecule has 0 aliphatic rings. The molecule has 1 heterocycles. The summed E-state index contributed by atoms with van der Waals surface area (Å²) in [6, 6.07) is 0. The van der Waals surface area contributed by atoms with Gasteiger partial charge in [0, 0.05) is 12.4 Å². The van der Waals surface area contributed by atoms with E-state index < -0.39 is 12.0 Å². The highest BCUT2D eigenvalue weighted by Gasteiger charge is 2.07. The molecule has 0 amide bonds. The Morgan fingerprint density at radius 1 is 1.50 bits per heavy atom. The Morgan fingerprint density at radius 2 is 2.08 bits per heavy atom. The van der Waals surface area contributed by atoms with Gasteiger partial charge in [0.05, 0.1) is 10.2 Å². The summed E-state index contributed by atoms with van der Waals surface area (Å²) in [6.07, 6.45) is 1.89. The third kappa shape index (κ3) is 1.63. The first-order chi connectivity index (χ1) is 5.52. The average Bonchev–Trinajstić information content (AvgIpc) is 1.99. The molecule has 0 unspecified atom stereocenters. The van der Waals surface area contributed by atoms with Crippen LogP contribution in [0.2, 0.25) is 0 Å². The van der Waals surface area contributed by atoms with Crippen LogP contribution in [0.3, 0.4) is 0 Å². The zero-order valence-corrected chi connectivity index (χ0v) is 7.38. The van der Waals surface area contributed by atoms with Gasteiger partial charge in [-0.25, -0.2) is 0 Å². The molecule has 0 atom stereocenters. The van der Waals surface area contributed by atoms with Crippen molar-refractivity contribution >= 4 is 21.6 Å². The van der Waals surface area contributed by atoms with E-state index in [1.54, 1.807) is 0 Å². The first-order valence-electron chi connectivity index (χ1n) is 2.97. The van der Waals surface area contributed by atoms with Crippen LogP contribution < -0.4 is 11.2 Å². The molecule has 0 saturated heterocycles. The van der Waals surface area contributed by atoms with Gasteiger partial charge in [-0.3, -0.25) is 9.36 Å². The summed E-state index contributed by atoms with van der Waals surface area (Å²) in [6.45, 7) is -2.69. The number of rotatable bonds is 1. The Kier molecular flexibility index (Phi) is 2.46. The van der Waals surface area contributed by atoms with Crippen LogP contribution in [0.5, 0.6) is 0 Å².